The van der Waals surface area contributed by atoms with Crippen LogP contribution in [0.1, 0.15) is 49.9 Å². The molecule has 0 N–H and O–H groups in total. The summed E-state index contributed by atoms with van der Waals surface area (Å²) in [5.74, 6) is -3.36. The Kier molecular flexibility index (Phi) is 5.85. The molecule has 0 unspecified atom stereocenters. The lowest BCUT2D eigenvalue weighted by molar-refractivity contribution is -0.120. The maximum atomic E-state index is 14.2. The number of benzene rings is 1. The number of amides is 1. The third-order valence-electron chi connectivity index (χ3n) is 7.21. The van der Waals surface area contributed by atoms with Crippen molar-refractivity contribution in [2.45, 2.75) is 63.6 Å². The molecule has 188 valence electrons. The van der Waals surface area contributed by atoms with E-state index in [1.165, 1.54) is 23.4 Å². The number of hydrogen-bond donors (Lipinski definition) is 0. The summed E-state index contributed by atoms with van der Waals surface area (Å²) in [6.45, 7) is 5.03. The molecule has 1 saturated heterocycles. The number of nitrogens with zero attached hydrogens (tertiary/aromatic N) is 5. The number of aromatic nitrogens is 3. The zero-order chi connectivity index (χ0) is 25.0. The Balaban J connectivity index is 1.37. The van der Waals surface area contributed by atoms with Crippen LogP contribution in [0.5, 0.6) is 11.6 Å². The van der Waals surface area contributed by atoms with Gasteiger partial charge in [-0.25, -0.2) is 18.2 Å². The smallest absolute Gasteiger partial charge is 0.282 e. The van der Waals surface area contributed by atoms with Crippen LogP contribution in [0.15, 0.2) is 24.5 Å². The van der Waals surface area contributed by atoms with Gasteiger partial charge in [0.05, 0.1) is 11.7 Å². The minimum absolute atomic E-state index is 0.0625. The second kappa shape index (κ2) is 8.61. The first-order valence-corrected chi connectivity index (χ1v) is 11.7. The minimum Gasteiger partial charge on any atom is -0.434 e. The lowest BCUT2D eigenvalue weighted by Gasteiger charge is -2.58. The van der Waals surface area contributed by atoms with Gasteiger partial charge in [0.15, 0.2) is 5.82 Å². The zero-order valence-electron chi connectivity index (χ0n) is 19.9. The first-order valence-electron chi connectivity index (χ1n) is 11.7. The summed E-state index contributed by atoms with van der Waals surface area (Å²) in [6, 6.07) is 2.58. The first-order chi connectivity index (χ1) is 16.6. The third-order valence-corrected chi connectivity index (χ3v) is 7.21. The molecule has 3 fully saturated rings. The van der Waals surface area contributed by atoms with Crippen LogP contribution in [0, 0.1) is 11.2 Å². The number of rotatable bonds is 7. The second-order valence-electron chi connectivity index (χ2n) is 10.2. The topological polar surface area (TPSA) is 80.7 Å². The number of ether oxygens (including phenoxy) is 2. The summed E-state index contributed by atoms with van der Waals surface area (Å²) in [4.78, 5) is 21.2. The van der Waals surface area contributed by atoms with E-state index in [-0.39, 0.29) is 34.8 Å². The van der Waals surface area contributed by atoms with Crippen molar-refractivity contribution < 1.29 is 27.4 Å². The molecule has 35 heavy (non-hydrogen) atoms. The van der Waals surface area contributed by atoms with E-state index in [1.807, 2.05) is 4.90 Å². The monoisotopic (exact) mass is 491 g/mol. The molecule has 11 heteroatoms. The fourth-order valence-electron chi connectivity index (χ4n) is 5.44. The molecule has 5 rings (SSSR count). The van der Waals surface area contributed by atoms with Crippen molar-refractivity contribution in [3.05, 3.63) is 35.9 Å². The van der Waals surface area contributed by atoms with Gasteiger partial charge in [-0.3, -0.25) is 4.79 Å². The highest BCUT2D eigenvalue weighted by Gasteiger charge is 2.54. The number of anilines is 1. The van der Waals surface area contributed by atoms with Crippen LogP contribution in [0.4, 0.5) is 19.0 Å². The van der Waals surface area contributed by atoms with Gasteiger partial charge in [0.25, 0.3) is 17.7 Å². The summed E-state index contributed by atoms with van der Waals surface area (Å²) in [5.41, 5.74) is 0.134. The number of carbonyl (C=O) groups excluding carboxylic acids is 1. The summed E-state index contributed by atoms with van der Waals surface area (Å²) in [6.07, 6.45) is 2.74. The van der Waals surface area contributed by atoms with Gasteiger partial charge in [0.2, 0.25) is 0 Å². The number of halogens is 3. The molecule has 8 nitrogen and oxygen atoms in total. The van der Waals surface area contributed by atoms with E-state index in [2.05, 4.69) is 15.2 Å². The van der Waals surface area contributed by atoms with Crippen LogP contribution in [0.3, 0.4) is 0 Å². The molecular weight excluding hydrogens is 463 g/mol. The average molecular weight is 492 g/mol. The SMILES string of the molecule is COC1CC2(C1)CN(c1ncnnc1Oc1ccc(F)cc1C(=O)N(C(C)C)C1CC(F)(F)C1)C2. The van der Waals surface area contributed by atoms with Crippen LogP contribution in [0.2, 0.25) is 0 Å². The van der Waals surface area contributed by atoms with Gasteiger partial charge in [-0.2, -0.15) is 0 Å². The highest BCUT2D eigenvalue weighted by Crippen LogP contribution is 2.51. The third kappa shape index (κ3) is 4.41. The molecule has 0 radical (unpaired) electrons. The summed E-state index contributed by atoms with van der Waals surface area (Å²) in [5, 5.41) is 7.88. The maximum absolute atomic E-state index is 14.2. The minimum atomic E-state index is -2.79. The fourth-order valence-corrected chi connectivity index (χ4v) is 5.44. The van der Waals surface area contributed by atoms with Crippen LogP contribution in [-0.4, -0.2) is 70.3 Å². The number of hydrogen-bond acceptors (Lipinski definition) is 7. The maximum Gasteiger partial charge on any atom is 0.282 e. The molecule has 2 saturated carbocycles. The van der Waals surface area contributed by atoms with Crippen molar-refractivity contribution in [1.82, 2.24) is 20.1 Å². The fraction of sp³-hybridized carbons (Fsp3) is 0.583. The lowest BCUT2D eigenvalue weighted by atomic mass is 9.62. The zero-order valence-corrected chi connectivity index (χ0v) is 19.9. The van der Waals surface area contributed by atoms with Crippen molar-refractivity contribution >= 4 is 11.7 Å². The van der Waals surface area contributed by atoms with Crippen LogP contribution in [0.25, 0.3) is 0 Å². The van der Waals surface area contributed by atoms with Gasteiger partial charge in [-0.05, 0) is 44.9 Å². The molecule has 1 spiro atoms. The second-order valence-corrected chi connectivity index (χ2v) is 10.2. The molecular formula is C24H28F3N5O3. The Morgan fingerprint density at radius 2 is 1.91 bits per heavy atom. The van der Waals surface area contributed by atoms with E-state index >= 15 is 0 Å². The van der Waals surface area contributed by atoms with Crippen molar-refractivity contribution in [3.8, 4) is 11.6 Å². The molecule has 1 aliphatic heterocycles. The van der Waals surface area contributed by atoms with Crippen LogP contribution in [-0.2, 0) is 4.74 Å². The van der Waals surface area contributed by atoms with Crippen molar-refractivity contribution in [2.24, 2.45) is 5.41 Å². The average Bonchev–Trinajstić information content (AvgIpc) is 2.72. The van der Waals surface area contributed by atoms with E-state index < -0.39 is 36.5 Å². The predicted molar refractivity (Wildman–Crippen MR) is 120 cm³/mol. The number of methoxy groups -OCH3 is 1. The molecule has 3 aliphatic rings. The Labute approximate surface area is 201 Å². The molecule has 2 aromatic rings. The molecule has 0 bridgehead atoms. The van der Waals surface area contributed by atoms with E-state index in [0.717, 1.165) is 32.0 Å². The first kappa shape index (κ1) is 23.8. The van der Waals surface area contributed by atoms with Gasteiger partial charge in [0.1, 0.15) is 17.9 Å². The van der Waals surface area contributed by atoms with Crippen molar-refractivity contribution in [1.29, 1.82) is 0 Å². The Hall–Kier alpha value is -2.95. The van der Waals surface area contributed by atoms with Gasteiger partial charge >= 0.3 is 0 Å². The van der Waals surface area contributed by atoms with E-state index in [9.17, 15) is 18.0 Å². The highest BCUT2D eigenvalue weighted by molar-refractivity contribution is 5.97. The van der Waals surface area contributed by atoms with Gasteiger partial charge in [-0.15, -0.1) is 10.2 Å². The highest BCUT2D eigenvalue weighted by atomic mass is 19.3. The number of alkyl halides is 2. The van der Waals surface area contributed by atoms with E-state index in [0.29, 0.717) is 5.82 Å². The van der Waals surface area contributed by atoms with Crippen molar-refractivity contribution in [2.75, 3.05) is 25.1 Å². The normalized spacial score (nSPS) is 20.8. The van der Waals surface area contributed by atoms with Crippen LogP contribution >= 0.6 is 0 Å². The molecule has 2 heterocycles. The van der Waals surface area contributed by atoms with Gasteiger partial charge in [-0.1, -0.05) is 0 Å². The Morgan fingerprint density at radius 1 is 1.20 bits per heavy atom. The van der Waals surface area contributed by atoms with Crippen LogP contribution < -0.4 is 9.64 Å². The predicted octanol–water partition coefficient (Wildman–Crippen LogP) is 4.07. The Morgan fingerprint density at radius 3 is 2.54 bits per heavy atom. The van der Waals surface area contributed by atoms with E-state index in [1.54, 1.807) is 21.0 Å². The van der Waals surface area contributed by atoms with Gasteiger partial charge in [0, 0.05) is 50.5 Å². The molecule has 1 aromatic heterocycles. The largest absolute Gasteiger partial charge is 0.434 e. The Bertz CT molecular complexity index is 1110. The summed E-state index contributed by atoms with van der Waals surface area (Å²) >= 11 is 0. The quantitative estimate of drug-likeness (QED) is 0.578. The van der Waals surface area contributed by atoms with Gasteiger partial charge < -0.3 is 19.3 Å². The molecule has 1 amide bonds. The number of carbonyl (C=O) groups is 1. The standard InChI is InChI=1S/C24H28F3N5O3/c1-14(2)32(16-7-24(26,27)8-16)22(33)18-6-15(25)4-5-19(18)35-21-20(28-13-29-30-21)31-11-23(12-31)9-17(10-23)34-3/h4-6,13-14,16-17H,7-12H2,1-3H3. The van der Waals surface area contributed by atoms with Crippen molar-refractivity contribution in [3.63, 3.8) is 0 Å². The summed E-state index contributed by atoms with van der Waals surface area (Å²) in [7, 11) is 1.72. The molecule has 0 atom stereocenters. The van der Waals surface area contributed by atoms with E-state index in [4.69, 9.17) is 9.47 Å². The molecule has 1 aromatic carbocycles. The lowest BCUT2D eigenvalue weighted by Crippen LogP contribution is -2.64. The molecule has 2 aliphatic carbocycles. The summed E-state index contributed by atoms with van der Waals surface area (Å²) < 4.78 is 52.6.